The monoisotopic (exact) mass is 384 g/mol. The number of aromatic nitrogens is 1. The van der Waals surface area contributed by atoms with Crippen LogP contribution in [0.5, 0.6) is 0 Å². The first-order valence-electron chi connectivity index (χ1n) is 9.29. The molecule has 9 heteroatoms. The van der Waals surface area contributed by atoms with Crippen LogP contribution in [0.25, 0.3) is 0 Å². The number of rotatable bonds is 7. The lowest BCUT2D eigenvalue weighted by Gasteiger charge is -2.40. The van der Waals surface area contributed by atoms with Crippen molar-refractivity contribution < 1.29 is 17.7 Å². The molecule has 1 saturated carbocycles. The molecule has 26 heavy (non-hydrogen) atoms. The van der Waals surface area contributed by atoms with Crippen LogP contribution in [0.2, 0.25) is 0 Å². The number of carbonyl (C=O) groups is 1. The number of nitrogens with one attached hydrogen (secondary N) is 1. The first-order valence-corrected chi connectivity index (χ1v) is 10.9. The maximum atomic E-state index is 12.5. The van der Waals surface area contributed by atoms with E-state index in [2.05, 4.69) is 10.5 Å². The van der Waals surface area contributed by atoms with Crippen LogP contribution in [0.1, 0.15) is 61.7 Å². The molecular weight excluding hydrogens is 356 g/mol. The number of carbonyl (C=O) groups excluding carboxylic acids is 1. The molecular formula is C17H28N4O4S. The van der Waals surface area contributed by atoms with Crippen molar-refractivity contribution in [1.29, 1.82) is 0 Å². The summed E-state index contributed by atoms with van der Waals surface area (Å²) in [6, 6.07) is 1.45. The molecule has 1 amide bonds. The van der Waals surface area contributed by atoms with Gasteiger partial charge in [0, 0.05) is 30.6 Å². The number of piperidine rings is 1. The minimum absolute atomic E-state index is 0.0117. The second kappa shape index (κ2) is 7.66. The van der Waals surface area contributed by atoms with E-state index in [9.17, 15) is 13.2 Å². The highest BCUT2D eigenvalue weighted by atomic mass is 32.2. The van der Waals surface area contributed by atoms with Crippen LogP contribution in [0.3, 0.4) is 0 Å². The SMILES string of the molecule is C[C@@H]1CN(S(=O)(=O)CCCN)[C@H](C)C[C@@H]1NC(=O)c1cc(C2CC2)on1. The maximum Gasteiger partial charge on any atom is 0.273 e. The Morgan fingerprint density at radius 2 is 2.15 bits per heavy atom. The zero-order valence-electron chi connectivity index (χ0n) is 15.3. The second-order valence-electron chi connectivity index (χ2n) is 7.56. The van der Waals surface area contributed by atoms with Crippen LogP contribution in [0, 0.1) is 5.92 Å². The van der Waals surface area contributed by atoms with E-state index in [-0.39, 0.29) is 29.7 Å². The minimum Gasteiger partial charge on any atom is -0.360 e. The number of hydrogen-bond acceptors (Lipinski definition) is 6. The lowest BCUT2D eigenvalue weighted by atomic mass is 9.91. The van der Waals surface area contributed by atoms with Gasteiger partial charge in [0.15, 0.2) is 5.69 Å². The molecule has 2 heterocycles. The standard InChI is InChI=1S/C17H28N4O4S/c1-11-10-21(26(23,24)7-3-6-18)12(2)8-14(11)19-17(22)15-9-16(25-20-15)13-4-5-13/h9,11-14H,3-8,10,18H2,1-2H3,(H,19,22)/t11-,12-,14+/m1/s1. The van der Waals surface area contributed by atoms with Crippen molar-refractivity contribution in [3.63, 3.8) is 0 Å². The van der Waals surface area contributed by atoms with Crippen LogP contribution in [0.4, 0.5) is 0 Å². The van der Waals surface area contributed by atoms with E-state index >= 15 is 0 Å². The van der Waals surface area contributed by atoms with Crippen molar-refractivity contribution in [2.45, 2.75) is 57.5 Å². The molecule has 146 valence electrons. The number of sulfonamides is 1. The van der Waals surface area contributed by atoms with E-state index < -0.39 is 10.0 Å². The van der Waals surface area contributed by atoms with Gasteiger partial charge in [-0.2, -0.15) is 4.31 Å². The Hall–Kier alpha value is -1.45. The maximum absolute atomic E-state index is 12.5. The molecule has 0 bridgehead atoms. The molecule has 2 fully saturated rings. The summed E-state index contributed by atoms with van der Waals surface area (Å²) in [6.45, 7) is 4.59. The van der Waals surface area contributed by atoms with E-state index in [1.807, 2.05) is 13.8 Å². The molecule has 1 aromatic heterocycles. The smallest absolute Gasteiger partial charge is 0.273 e. The van der Waals surface area contributed by atoms with Gasteiger partial charge in [0.1, 0.15) is 5.76 Å². The van der Waals surface area contributed by atoms with Crippen molar-refractivity contribution in [2.75, 3.05) is 18.8 Å². The van der Waals surface area contributed by atoms with Gasteiger partial charge in [-0.15, -0.1) is 0 Å². The average Bonchev–Trinajstić information content (AvgIpc) is 3.32. The van der Waals surface area contributed by atoms with Crippen LogP contribution in [-0.2, 0) is 10.0 Å². The molecule has 0 radical (unpaired) electrons. The summed E-state index contributed by atoms with van der Waals surface area (Å²) in [7, 11) is -3.32. The molecule has 1 saturated heterocycles. The highest BCUT2D eigenvalue weighted by molar-refractivity contribution is 7.89. The normalized spacial score (nSPS) is 27.4. The van der Waals surface area contributed by atoms with Crippen molar-refractivity contribution >= 4 is 15.9 Å². The van der Waals surface area contributed by atoms with Gasteiger partial charge in [0.05, 0.1) is 5.75 Å². The fourth-order valence-corrected chi connectivity index (χ4v) is 5.34. The number of nitrogens with zero attached hydrogens (tertiary/aromatic N) is 2. The van der Waals surface area contributed by atoms with Gasteiger partial charge in [-0.3, -0.25) is 4.79 Å². The Kier molecular flexibility index (Phi) is 5.69. The zero-order chi connectivity index (χ0) is 18.9. The zero-order valence-corrected chi connectivity index (χ0v) is 16.2. The van der Waals surface area contributed by atoms with Crippen molar-refractivity contribution in [3.8, 4) is 0 Å². The minimum atomic E-state index is -3.32. The number of hydrogen-bond donors (Lipinski definition) is 2. The van der Waals surface area contributed by atoms with Gasteiger partial charge >= 0.3 is 0 Å². The fraction of sp³-hybridized carbons (Fsp3) is 0.765. The van der Waals surface area contributed by atoms with Crippen LogP contribution in [0.15, 0.2) is 10.6 Å². The first-order chi connectivity index (χ1) is 12.3. The third-order valence-electron chi connectivity index (χ3n) is 5.26. The van der Waals surface area contributed by atoms with Gasteiger partial charge in [-0.05, 0) is 45.1 Å². The fourth-order valence-electron chi connectivity index (χ4n) is 3.48. The summed E-state index contributed by atoms with van der Waals surface area (Å²) in [5.41, 5.74) is 5.74. The summed E-state index contributed by atoms with van der Waals surface area (Å²) < 4.78 is 31.8. The van der Waals surface area contributed by atoms with E-state index in [4.69, 9.17) is 10.3 Å². The van der Waals surface area contributed by atoms with Crippen molar-refractivity contribution in [3.05, 3.63) is 17.5 Å². The molecule has 1 aromatic rings. The summed E-state index contributed by atoms with van der Waals surface area (Å²) in [6.07, 6.45) is 3.20. The van der Waals surface area contributed by atoms with E-state index in [1.165, 1.54) is 0 Å². The highest BCUT2D eigenvalue weighted by Gasteiger charge is 2.38. The lowest BCUT2D eigenvalue weighted by molar-refractivity contribution is 0.0871. The Morgan fingerprint density at radius 3 is 2.81 bits per heavy atom. The molecule has 1 aliphatic carbocycles. The third kappa shape index (κ3) is 4.27. The van der Waals surface area contributed by atoms with Crippen molar-refractivity contribution in [2.24, 2.45) is 11.7 Å². The molecule has 0 unspecified atom stereocenters. The summed E-state index contributed by atoms with van der Waals surface area (Å²) in [4.78, 5) is 12.5. The molecule has 3 rings (SSSR count). The predicted molar refractivity (Wildman–Crippen MR) is 97.1 cm³/mol. The Balaban J connectivity index is 1.60. The molecule has 1 aliphatic heterocycles. The predicted octanol–water partition coefficient (Wildman–Crippen LogP) is 1.06. The molecule has 2 aliphatic rings. The number of nitrogens with two attached hydrogens (primary N) is 1. The molecule has 8 nitrogen and oxygen atoms in total. The largest absolute Gasteiger partial charge is 0.360 e. The van der Waals surface area contributed by atoms with E-state index in [0.717, 1.165) is 18.6 Å². The first kappa shape index (κ1) is 19.3. The highest BCUT2D eigenvalue weighted by Crippen LogP contribution is 2.40. The van der Waals surface area contributed by atoms with E-state index in [0.29, 0.717) is 37.5 Å². The molecule has 3 N–H and O–H groups in total. The topological polar surface area (TPSA) is 119 Å². The van der Waals surface area contributed by atoms with Crippen molar-refractivity contribution in [1.82, 2.24) is 14.8 Å². The number of amides is 1. The average molecular weight is 385 g/mol. The third-order valence-corrected chi connectivity index (χ3v) is 7.29. The Morgan fingerprint density at radius 1 is 1.42 bits per heavy atom. The Labute approximate surface area is 154 Å². The van der Waals surface area contributed by atoms with Crippen LogP contribution < -0.4 is 11.1 Å². The lowest BCUT2D eigenvalue weighted by Crippen LogP contribution is -2.55. The summed E-state index contributed by atoms with van der Waals surface area (Å²) >= 11 is 0. The van der Waals surface area contributed by atoms with Gasteiger partial charge in [-0.1, -0.05) is 12.1 Å². The Bertz CT molecular complexity index is 744. The molecule has 0 aromatic carbocycles. The summed E-state index contributed by atoms with van der Waals surface area (Å²) in [5, 5.41) is 6.87. The van der Waals surface area contributed by atoms with Crippen LogP contribution >= 0.6 is 0 Å². The van der Waals surface area contributed by atoms with Gasteiger partial charge in [-0.25, -0.2) is 8.42 Å². The van der Waals surface area contributed by atoms with Gasteiger partial charge < -0.3 is 15.6 Å². The molecule has 0 spiro atoms. The summed E-state index contributed by atoms with van der Waals surface area (Å²) in [5.74, 6) is 1.00. The van der Waals surface area contributed by atoms with Crippen LogP contribution in [-0.4, -0.2) is 54.7 Å². The van der Waals surface area contributed by atoms with Gasteiger partial charge in [0.25, 0.3) is 5.91 Å². The van der Waals surface area contributed by atoms with Gasteiger partial charge in [0.2, 0.25) is 10.0 Å². The molecule has 3 atom stereocenters. The second-order valence-corrected chi connectivity index (χ2v) is 9.60. The van der Waals surface area contributed by atoms with E-state index in [1.54, 1.807) is 10.4 Å². The quantitative estimate of drug-likeness (QED) is 0.725.